The maximum Gasteiger partial charge on any atom is 0.322 e. The number of likely N-dealkylation sites (tertiary alicyclic amines) is 1. The Labute approximate surface area is 91.8 Å². The first-order valence-corrected chi connectivity index (χ1v) is 5.78. The van der Waals surface area contributed by atoms with Gasteiger partial charge in [0.15, 0.2) is 0 Å². The van der Waals surface area contributed by atoms with Gasteiger partial charge in [-0.1, -0.05) is 6.92 Å². The second kappa shape index (κ2) is 6.08. The molecule has 2 unspecified atom stereocenters. The lowest BCUT2D eigenvalue weighted by Crippen LogP contribution is -2.36. The number of nitrogens with two attached hydrogens (primary N) is 1. The lowest BCUT2D eigenvalue weighted by molar-refractivity contribution is -0.144. The minimum Gasteiger partial charge on any atom is -0.465 e. The number of rotatable bonds is 5. The van der Waals surface area contributed by atoms with Crippen molar-refractivity contribution in [1.82, 2.24) is 4.90 Å². The van der Waals surface area contributed by atoms with Crippen LogP contribution in [0.4, 0.5) is 0 Å². The second-order valence-electron chi connectivity index (χ2n) is 4.34. The molecule has 0 aromatic rings. The van der Waals surface area contributed by atoms with Crippen molar-refractivity contribution in [3.8, 4) is 0 Å². The van der Waals surface area contributed by atoms with Gasteiger partial charge in [0.25, 0.3) is 0 Å². The number of carbonyl (C=O) groups is 1. The van der Waals surface area contributed by atoms with E-state index < -0.39 is 6.04 Å². The predicted molar refractivity (Wildman–Crippen MR) is 59.4 cm³/mol. The zero-order valence-electron chi connectivity index (χ0n) is 9.74. The summed E-state index contributed by atoms with van der Waals surface area (Å²) in [7, 11) is 0. The molecule has 0 spiro atoms. The third-order valence-electron chi connectivity index (χ3n) is 2.85. The van der Waals surface area contributed by atoms with Crippen molar-refractivity contribution in [2.45, 2.75) is 32.7 Å². The fourth-order valence-corrected chi connectivity index (χ4v) is 1.92. The molecule has 0 bridgehead atoms. The van der Waals surface area contributed by atoms with Crippen LogP contribution in [0.25, 0.3) is 0 Å². The molecule has 0 aliphatic carbocycles. The first kappa shape index (κ1) is 12.5. The van der Waals surface area contributed by atoms with Gasteiger partial charge in [-0.3, -0.25) is 4.79 Å². The average Bonchev–Trinajstić information content (AvgIpc) is 2.61. The zero-order chi connectivity index (χ0) is 11.3. The van der Waals surface area contributed by atoms with Gasteiger partial charge in [-0.25, -0.2) is 0 Å². The Morgan fingerprint density at radius 3 is 2.93 bits per heavy atom. The maximum absolute atomic E-state index is 11.2. The van der Waals surface area contributed by atoms with Gasteiger partial charge in [-0.05, 0) is 32.2 Å². The van der Waals surface area contributed by atoms with Crippen LogP contribution in [0.15, 0.2) is 0 Å². The maximum atomic E-state index is 11.2. The molecule has 1 aliphatic heterocycles. The molecular weight excluding hydrogens is 192 g/mol. The molecule has 0 radical (unpaired) electrons. The summed E-state index contributed by atoms with van der Waals surface area (Å²) in [6, 6.07) is -0.458. The summed E-state index contributed by atoms with van der Waals surface area (Å²) in [5, 5.41) is 0. The van der Waals surface area contributed by atoms with Crippen LogP contribution in [-0.2, 0) is 9.53 Å². The minimum absolute atomic E-state index is 0.273. The summed E-state index contributed by atoms with van der Waals surface area (Å²) in [4.78, 5) is 13.6. The summed E-state index contributed by atoms with van der Waals surface area (Å²) >= 11 is 0. The van der Waals surface area contributed by atoms with Gasteiger partial charge in [0.1, 0.15) is 6.04 Å². The molecule has 15 heavy (non-hydrogen) atoms. The van der Waals surface area contributed by atoms with Crippen LogP contribution in [0.1, 0.15) is 26.7 Å². The molecule has 0 amide bonds. The molecule has 1 aliphatic rings. The molecule has 2 N–H and O–H groups in total. The number of hydrogen-bond acceptors (Lipinski definition) is 4. The van der Waals surface area contributed by atoms with Crippen molar-refractivity contribution in [1.29, 1.82) is 0 Å². The van der Waals surface area contributed by atoms with Crippen molar-refractivity contribution < 1.29 is 9.53 Å². The normalized spacial score (nSPS) is 24.1. The highest BCUT2D eigenvalue weighted by Crippen LogP contribution is 2.15. The van der Waals surface area contributed by atoms with Gasteiger partial charge in [-0.2, -0.15) is 0 Å². The van der Waals surface area contributed by atoms with Gasteiger partial charge in [0, 0.05) is 13.1 Å². The molecule has 0 aromatic heterocycles. The van der Waals surface area contributed by atoms with Crippen LogP contribution in [-0.4, -0.2) is 43.2 Å². The van der Waals surface area contributed by atoms with Crippen LogP contribution in [0, 0.1) is 5.92 Å². The third-order valence-corrected chi connectivity index (χ3v) is 2.85. The molecule has 4 nitrogen and oxygen atoms in total. The van der Waals surface area contributed by atoms with E-state index >= 15 is 0 Å². The van der Waals surface area contributed by atoms with Gasteiger partial charge in [0.2, 0.25) is 0 Å². The topological polar surface area (TPSA) is 55.6 Å². The van der Waals surface area contributed by atoms with Gasteiger partial charge in [0.05, 0.1) is 6.61 Å². The first-order chi connectivity index (χ1) is 7.13. The van der Waals surface area contributed by atoms with E-state index in [2.05, 4.69) is 11.8 Å². The lowest BCUT2D eigenvalue weighted by Gasteiger charge is -2.17. The summed E-state index contributed by atoms with van der Waals surface area (Å²) in [6.45, 7) is 7.64. The average molecular weight is 214 g/mol. The number of ether oxygens (including phenoxy) is 1. The lowest BCUT2D eigenvalue weighted by atomic mass is 10.2. The summed E-state index contributed by atoms with van der Waals surface area (Å²) < 4.78 is 4.86. The Bertz CT molecular complexity index is 209. The Balaban J connectivity index is 2.16. The van der Waals surface area contributed by atoms with Crippen LogP contribution in [0.5, 0.6) is 0 Å². The highest BCUT2D eigenvalue weighted by Gasteiger charge is 2.21. The van der Waals surface area contributed by atoms with E-state index in [0.29, 0.717) is 13.0 Å². The quantitative estimate of drug-likeness (QED) is 0.681. The van der Waals surface area contributed by atoms with E-state index in [1.54, 1.807) is 6.92 Å². The highest BCUT2D eigenvalue weighted by molar-refractivity contribution is 5.75. The van der Waals surface area contributed by atoms with Gasteiger partial charge >= 0.3 is 5.97 Å². The molecule has 1 rings (SSSR count). The Kier molecular flexibility index (Phi) is 5.05. The highest BCUT2D eigenvalue weighted by atomic mass is 16.5. The molecule has 4 heteroatoms. The van der Waals surface area contributed by atoms with E-state index in [0.717, 1.165) is 25.6 Å². The fraction of sp³-hybridized carbons (Fsp3) is 0.909. The van der Waals surface area contributed by atoms with Gasteiger partial charge < -0.3 is 15.4 Å². The van der Waals surface area contributed by atoms with Gasteiger partial charge in [-0.15, -0.1) is 0 Å². The van der Waals surface area contributed by atoms with Crippen molar-refractivity contribution in [3.63, 3.8) is 0 Å². The summed E-state index contributed by atoms with van der Waals surface area (Å²) in [5.74, 6) is 0.508. The predicted octanol–water partition coefficient (Wildman–Crippen LogP) is 0.609. The smallest absolute Gasteiger partial charge is 0.322 e. The van der Waals surface area contributed by atoms with E-state index in [9.17, 15) is 4.79 Å². The van der Waals surface area contributed by atoms with Crippen molar-refractivity contribution in [2.24, 2.45) is 11.7 Å². The molecule has 1 heterocycles. The monoisotopic (exact) mass is 214 g/mol. The van der Waals surface area contributed by atoms with Crippen LogP contribution in [0.2, 0.25) is 0 Å². The Morgan fingerprint density at radius 2 is 2.40 bits per heavy atom. The van der Waals surface area contributed by atoms with Crippen molar-refractivity contribution in [3.05, 3.63) is 0 Å². The number of esters is 1. The molecule has 0 aromatic carbocycles. The Hall–Kier alpha value is -0.610. The van der Waals surface area contributed by atoms with E-state index in [1.165, 1.54) is 6.42 Å². The van der Waals surface area contributed by atoms with Crippen molar-refractivity contribution >= 4 is 5.97 Å². The molecule has 88 valence electrons. The SMILES string of the molecule is CCOC(=O)C(N)CCN1CCC(C)C1. The molecule has 0 saturated carbocycles. The molecular formula is C11H22N2O2. The van der Waals surface area contributed by atoms with Crippen LogP contribution < -0.4 is 5.73 Å². The standard InChI is InChI=1S/C11H22N2O2/c1-3-15-11(14)10(12)5-7-13-6-4-9(2)8-13/h9-10H,3-8,12H2,1-2H3. The largest absolute Gasteiger partial charge is 0.465 e. The summed E-state index contributed by atoms with van der Waals surface area (Å²) in [5.41, 5.74) is 5.71. The Morgan fingerprint density at radius 1 is 1.67 bits per heavy atom. The van der Waals surface area contributed by atoms with E-state index in [1.807, 2.05) is 0 Å². The number of hydrogen-bond donors (Lipinski definition) is 1. The molecule has 2 atom stereocenters. The third kappa shape index (κ3) is 4.18. The van der Waals surface area contributed by atoms with Crippen LogP contribution in [0.3, 0.4) is 0 Å². The zero-order valence-corrected chi connectivity index (χ0v) is 9.74. The minimum atomic E-state index is -0.458. The number of carbonyl (C=O) groups excluding carboxylic acids is 1. The first-order valence-electron chi connectivity index (χ1n) is 5.78. The summed E-state index contributed by atoms with van der Waals surface area (Å²) in [6.07, 6.45) is 1.96. The molecule has 1 fully saturated rings. The molecule has 1 saturated heterocycles. The van der Waals surface area contributed by atoms with Crippen molar-refractivity contribution in [2.75, 3.05) is 26.2 Å². The van der Waals surface area contributed by atoms with E-state index in [4.69, 9.17) is 10.5 Å². The van der Waals surface area contributed by atoms with E-state index in [-0.39, 0.29) is 5.97 Å². The fourth-order valence-electron chi connectivity index (χ4n) is 1.92. The number of nitrogens with zero attached hydrogens (tertiary/aromatic N) is 1. The van der Waals surface area contributed by atoms with Crippen LogP contribution >= 0.6 is 0 Å². The second-order valence-corrected chi connectivity index (χ2v) is 4.34.